The van der Waals surface area contributed by atoms with Crippen LogP contribution >= 0.6 is 0 Å². The fraction of sp³-hybridized carbons (Fsp3) is 0.276. The molecule has 0 aliphatic heterocycles. The van der Waals surface area contributed by atoms with Crippen molar-refractivity contribution < 1.29 is 55.6 Å². The summed E-state index contributed by atoms with van der Waals surface area (Å²) in [6.07, 6.45) is -7.53. The lowest BCUT2D eigenvalue weighted by Crippen LogP contribution is -2.37. The average molecular weight is 626 g/mol. The summed E-state index contributed by atoms with van der Waals surface area (Å²) in [5.74, 6) is -2.86. The molecule has 3 aromatic rings. The molecule has 3 N–H and O–H groups in total. The van der Waals surface area contributed by atoms with Crippen LogP contribution in [0, 0.1) is 0 Å². The lowest BCUT2D eigenvalue weighted by atomic mass is 9.93. The third-order valence-corrected chi connectivity index (χ3v) is 6.62. The number of rotatable bonds is 10. The van der Waals surface area contributed by atoms with Gasteiger partial charge < -0.3 is 25.0 Å². The molecule has 1 aliphatic carbocycles. The number of ether oxygens (including phenoxy) is 2. The molecule has 0 fully saturated rings. The molecule has 2 unspecified atom stereocenters. The maximum atomic E-state index is 12.7. The minimum Gasteiger partial charge on any atom is -0.479 e. The Hall–Kier alpha value is -4.79. The zero-order chi connectivity index (χ0) is 32.2. The lowest BCUT2D eigenvalue weighted by molar-refractivity contribution is -0.275. The van der Waals surface area contributed by atoms with Gasteiger partial charge in [0.2, 0.25) is 5.91 Å². The molecule has 44 heavy (non-hydrogen) atoms. The first-order valence-electron chi connectivity index (χ1n) is 13.0. The number of alkyl halides is 6. The van der Waals surface area contributed by atoms with Gasteiger partial charge in [-0.25, -0.2) is 4.79 Å². The highest BCUT2D eigenvalue weighted by molar-refractivity contribution is 5.94. The van der Waals surface area contributed by atoms with Gasteiger partial charge in [-0.2, -0.15) is 5.10 Å². The van der Waals surface area contributed by atoms with E-state index in [9.17, 15) is 41.0 Å². The van der Waals surface area contributed by atoms with Crippen LogP contribution in [-0.2, 0) is 9.59 Å². The van der Waals surface area contributed by atoms with E-state index >= 15 is 0 Å². The Morgan fingerprint density at radius 3 is 1.93 bits per heavy atom. The van der Waals surface area contributed by atoms with E-state index in [2.05, 4.69) is 19.9 Å². The first-order valence-corrected chi connectivity index (χ1v) is 13.0. The molecule has 4 rings (SSSR count). The minimum absolute atomic E-state index is 0.290. The number of hydrogen-bond donors (Lipinski definition) is 3. The predicted molar refractivity (Wildman–Crippen MR) is 143 cm³/mol. The summed E-state index contributed by atoms with van der Waals surface area (Å²) in [5, 5.41) is 25.2. The van der Waals surface area contributed by atoms with Gasteiger partial charge in [-0.15, -0.1) is 26.3 Å². The largest absolute Gasteiger partial charge is 0.573 e. The molecule has 2 aromatic carbocycles. The zero-order valence-corrected chi connectivity index (χ0v) is 22.8. The molecular weight excluding hydrogens is 600 g/mol. The number of nitrogens with zero attached hydrogens (tertiary/aromatic N) is 2. The van der Waals surface area contributed by atoms with E-state index < -0.39 is 54.8 Å². The lowest BCUT2D eigenvalue weighted by Gasteiger charge is -2.22. The first kappa shape index (κ1) is 32.1. The number of nitrogens with one attached hydrogen (secondary N) is 1. The van der Waals surface area contributed by atoms with Crippen LogP contribution in [-0.4, -0.2) is 57.2 Å². The third-order valence-electron chi connectivity index (χ3n) is 6.62. The van der Waals surface area contributed by atoms with E-state index in [1.165, 1.54) is 24.3 Å². The number of carbonyl (C=O) groups is 2. The van der Waals surface area contributed by atoms with E-state index in [0.29, 0.717) is 40.9 Å². The van der Waals surface area contributed by atoms with Crippen LogP contribution in [0.15, 0.2) is 77.9 Å². The number of aromatic nitrogens is 2. The smallest absolute Gasteiger partial charge is 0.479 e. The predicted octanol–water partition coefficient (Wildman–Crippen LogP) is 5.78. The number of allylic oxidation sites excluding steroid dienone is 3. The highest BCUT2D eigenvalue weighted by atomic mass is 19.4. The van der Waals surface area contributed by atoms with Gasteiger partial charge in [0.15, 0.2) is 6.10 Å². The van der Waals surface area contributed by atoms with Crippen LogP contribution in [0.4, 0.5) is 26.3 Å². The molecule has 0 saturated carbocycles. The third kappa shape index (κ3) is 8.40. The average Bonchev–Trinajstić information content (AvgIpc) is 3.40. The second kappa shape index (κ2) is 12.8. The van der Waals surface area contributed by atoms with Crippen molar-refractivity contribution in [1.82, 2.24) is 15.1 Å². The van der Waals surface area contributed by atoms with Crippen molar-refractivity contribution in [3.8, 4) is 34.0 Å². The number of carbonyl (C=O) groups excluding carboxylic acids is 1. The molecular formula is C29H25F6N3O6. The molecule has 1 aliphatic rings. The summed E-state index contributed by atoms with van der Waals surface area (Å²) in [4.78, 5) is 23.2. The summed E-state index contributed by atoms with van der Waals surface area (Å²) < 4.78 is 85.2. The SMILES string of the molecule is CC(C1=CC=C(C(=O)NCC(O)C(=O)O)CC1)n1nc(-c2ccc(OC(F)(F)F)cc2)cc1-c1ccc(OC(F)(F)F)cc1. The van der Waals surface area contributed by atoms with Crippen molar-refractivity contribution in [2.24, 2.45) is 0 Å². The summed E-state index contributed by atoms with van der Waals surface area (Å²) in [7, 11) is 0. The highest BCUT2D eigenvalue weighted by Crippen LogP contribution is 2.36. The summed E-state index contributed by atoms with van der Waals surface area (Å²) in [5.41, 5.74) is 2.97. The number of aliphatic hydroxyl groups excluding tert-OH is 1. The summed E-state index contributed by atoms with van der Waals surface area (Å²) in [6, 6.07) is 11.3. The Morgan fingerprint density at radius 1 is 0.909 bits per heavy atom. The topological polar surface area (TPSA) is 123 Å². The number of carboxylic acid groups (broad SMARTS) is 1. The fourth-order valence-electron chi connectivity index (χ4n) is 4.44. The van der Waals surface area contributed by atoms with Crippen LogP contribution in [0.5, 0.6) is 11.5 Å². The Bertz CT molecular complexity index is 1560. The van der Waals surface area contributed by atoms with Crippen LogP contribution in [0.3, 0.4) is 0 Å². The normalized spacial score (nSPS) is 15.1. The molecule has 2 atom stereocenters. The van der Waals surface area contributed by atoms with E-state index in [1.54, 1.807) is 22.9 Å². The van der Waals surface area contributed by atoms with Gasteiger partial charge in [0.1, 0.15) is 11.5 Å². The van der Waals surface area contributed by atoms with Crippen molar-refractivity contribution in [2.75, 3.05) is 6.54 Å². The van der Waals surface area contributed by atoms with E-state index in [-0.39, 0.29) is 0 Å². The van der Waals surface area contributed by atoms with Crippen LogP contribution in [0.2, 0.25) is 0 Å². The van der Waals surface area contributed by atoms with Gasteiger partial charge in [0.25, 0.3) is 0 Å². The molecule has 234 valence electrons. The molecule has 0 spiro atoms. The van der Waals surface area contributed by atoms with Crippen molar-refractivity contribution in [2.45, 2.75) is 44.6 Å². The van der Waals surface area contributed by atoms with Gasteiger partial charge in [-0.05, 0) is 79.9 Å². The van der Waals surface area contributed by atoms with Crippen LogP contribution in [0.25, 0.3) is 22.5 Å². The Labute approximate surface area is 246 Å². The molecule has 1 amide bonds. The maximum Gasteiger partial charge on any atom is 0.573 e. The van der Waals surface area contributed by atoms with Gasteiger partial charge in [0, 0.05) is 16.7 Å². The van der Waals surface area contributed by atoms with Gasteiger partial charge in [-0.3, -0.25) is 9.48 Å². The summed E-state index contributed by atoms with van der Waals surface area (Å²) in [6.45, 7) is 1.35. The first-order chi connectivity index (χ1) is 20.6. The molecule has 0 bridgehead atoms. The van der Waals surface area contributed by atoms with E-state index in [1.807, 2.05) is 6.92 Å². The maximum absolute atomic E-state index is 12.7. The highest BCUT2D eigenvalue weighted by Gasteiger charge is 2.32. The second-order valence-electron chi connectivity index (χ2n) is 9.68. The number of benzene rings is 2. The molecule has 0 radical (unpaired) electrons. The van der Waals surface area contributed by atoms with Crippen molar-refractivity contribution >= 4 is 11.9 Å². The minimum atomic E-state index is -4.88. The van der Waals surface area contributed by atoms with Gasteiger partial charge >= 0.3 is 18.7 Å². The van der Waals surface area contributed by atoms with Gasteiger partial charge in [0.05, 0.1) is 24.0 Å². The summed E-state index contributed by atoms with van der Waals surface area (Å²) >= 11 is 0. The molecule has 1 aromatic heterocycles. The van der Waals surface area contributed by atoms with Crippen LogP contribution < -0.4 is 14.8 Å². The Morgan fingerprint density at radius 2 is 1.45 bits per heavy atom. The quantitative estimate of drug-likeness (QED) is 0.244. The molecule has 1 heterocycles. The van der Waals surface area contributed by atoms with Crippen molar-refractivity contribution in [3.05, 3.63) is 77.9 Å². The number of aliphatic carboxylic acids is 1. The number of carboxylic acids is 1. The number of amides is 1. The Kier molecular flexibility index (Phi) is 9.37. The van der Waals surface area contributed by atoms with Crippen LogP contribution in [0.1, 0.15) is 25.8 Å². The fourth-order valence-corrected chi connectivity index (χ4v) is 4.44. The number of aliphatic hydroxyl groups is 1. The molecule has 0 saturated heterocycles. The number of halogens is 6. The van der Waals surface area contributed by atoms with Crippen molar-refractivity contribution in [3.63, 3.8) is 0 Å². The second-order valence-corrected chi connectivity index (χ2v) is 9.68. The Balaban J connectivity index is 1.64. The van der Waals surface area contributed by atoms with E-state index in [4.69, 9.17) is 5.11 Å². The van der Waals surface area contributed by atoms with Crippen molar-refractivity contribution in [1.29, 1.82) is 0 Å². The standard InChI is InChI=1S/C29H25F6N3O6/c1-16(17-2-4-20(5-3-17)26(40)36-15-25(39)27(41)42)38-24(19-8-12-22(13-9-19)44-29(33,34)35)14-23(37-38)18-6-10-21(11-7-18)43-28(30,31)32/h2,4,6-14,16,25,39H,3,5,15H2,1H3,(H,36,40)(H,41,42). The number of hydrogen-bond acceptors (Lipinski definition) is 6. The monoisotopic (exact) mass is 625 g/mol. The van der Waals surface area contributed by atoms with Gasteiger partial charge in [-0.1, -0.05) is 12.2 Å². The molecule has 15 heteroatoms. The molecule has 9 nitrogen and oxygen atoms in total. The van der Waals surface area contributed by atoms with E-state index in [0.717, 1.165) is 29.8 Å². The zero-order valence-electron chi connectivity index (χ0n) is 22.8.